The van der Waals surface area contributed by atoms with E-state index < -0.39 is 0 Å². The Balaban J connectivity index is 0.00000272. The Kier molecular flexibility index (Phi) is 8.48. The van der Waals surface area contributed by atoms with Crippen molar-refractivity contribution >= 4 is 35.8 Å². The molecule has 1 atom stereocenters. The van der Waals surface area contributed by atoms with Crippen LogP contribution in [0.25, 0.3) is 0 Å². The lowest BCUT2D eigenvalue weighted by Gasteiger charge is -2.38. The zero-order valence-electron chi connectivity index (χ0n) is 17.9. The second kappa shape index (κ2) is 11.1. The summed E-state index contributed by atoms with van der Waals surface area (Å²) in [5.41, 5.74) is 1.38. The van der Waals surface area contributed by atoms with Crippen molar-refractivity contribution < 1.29 is 9.13 Å². The van der Waals surface area contributed by atoms with Crippen LogP contribution in [0.1, 0.15) is 24.8 Å². The number of aromatic nitrogens is 1. The summed E-state index contributed by atoms with van der Waals surface area (Å²) >= 11 is 0. The first-order chi connectivity index (χ1) is 14.7. The second-order valence-corrected chi connectivity index (χ2v) is 8.07. The predicted molar refractivity (Wildman–Crippen MR) is 133 cm³/mol. The molecule has 1 aromatic carbocycles. The van der Waals surface area contributed by atoms with Crippen molar-refractivity contribution in [3.05, 3.63) is 60.0 Å². The Hall–Kier alpha value is -1.94. The van der Waals surface area contributed by atoms with Crippen LogP contribution in [0.15, 0.2) is 53.7 Å². The molecule has 6 nitrogen and oxygen atoms in total. The van der Waals surface area contributed by atoms with Gasteiger partial charge in [-0.1, -0.05) is 30.3 Å². The van der Waals surface area contributed by atoms with E-state index >= 15 is 0 Å². The second-order valence-electron chi connectivity index (χ2n) is 8.07. The van der Waals surface area contributed by atoms with E-state index in [1.54, 1.807) is 19.3 Å². The molecular weight excluding hydrogens is 508 g/mol. The van der Waals surface area contributed by atoms with E-state index in [1.165, 1.54) is 11.6 Å². The number of hydrogen-bond acceptors (Lipinski definition) is 4. The Morgan fingerprint density at radius 1 is 1.23 bits per heavy atom. The third kappa shape index (κ3) is 5.65. The number of hydrogen-bond donors (Lipinski definition) is 2. The van der Waals surface area contributed by atoms with E-state index in [0.717, 1.165) is 51.5 Å². The predicted octanol–water partition coefficient (Wildman–Crippen LogP) is 3.33. The number of nitrogens with zero attached hydrogens (tertiary/aromatic N) is 3. The first-order valence-corrected chi connectivity index (χ1v) is 10.7. The van der Waals surface area contributed by atoms with Crippen LogP contribution in [0.3, 0.4) is 0 Å². The van der Waals surface area contributed by atoms with Crippen molar-refractivity contribution in [1.29, 1.82) is 0 Å². The molecule has 0 amide bonds. The van der Waals surface area contributed by atoms with Crippen LogP contribution in [0.4, 0.5) is 10.2 Å². The largest absolute Gasteiger partial charge is 0.381 e. The fourth-order valence-electron chi connectivity index (χ4n) is 4.44. The van der Waals surface area contributed by atoms with Gasteiger partial charge in [0, 0.05) is 57.5 Å². The van der Waals surface area contributed by atoms with E-state index in [9.17, 15) is 4.39 Å². The highest BCUT2D eigenvalue weighted by molar-refractivity contribution is 14.0. The minimum absolute atomic E-state index is 0. The molecule has 1 unspecified atom stereocenters. The van der Waals surface area contributed by atoms with Crippen LogP contribution < -0.4 is 15.5 Å². The number of anilines is 1. The Morgan fingerprint density at radius 3 is 2.71 bits per heavy atom. The van der Waals surface area contributed by atoms with Gasteiger partial charge in [-0.05, 0) is 37.0 Å². The molecule has 31 heavy (non-hydrogen) atoms. The minimum Gasteiger partial charge on any atom is -0.381 e. The number of halogens is 2. The molecule has 2 aliphatic rings. The monoisotopic (exact) mass is 539 g/mol. The molecule has 0 saturated carbocycles. The van der Waals surface area contributed by atoms with Crippen LogP contribution in [-0.4, -0.2) is 56.9 Å². The minimum atomic E-state index is -0.273. The number of aliphatic imine (C=N–C) groups is 1. The lowest BCUT2D eigenvalue weighted by molar-refractivity contribution is 0.0513. The van der Waals surface area contributed by atoms with Crippen molar-refractivity contribution in [3.8, 4) is 0 Å². The first-order valence-electron chi connectivity index (χ1n) is 10.7. The summed E-state index contributed by atoms with van der Waals surface area (Å²) in [7, 11) is 1.79. The Morgan fingerprint density at radius 2 is 2.00 bits per heavy atom. The summed E-state index contributed by atoms with van der Waals surface area (Å²) in [5.74, 6) is 0.935. The SMILES string of the molecule is CN=C(NCC1(c2ccccc2)CCOCC1)NC1CCN(c2ncccc2F)C1.I. The van der Waals surface area contributed by atoms with Gasteiger partial charge in [-0.25, -0.2) is 9.37 Å². The molecule has 0 spiro atoms. The van der Waals surface area contributed by atoms with Gasteiger partial charge in [0.15, 0.2) is 17.6 Å². The van der Waals surface area contributed by atoms with Gasteiger partial charge in [-0.2, -0.15) is 0 Å². The van der Waals surface area contributed by atoms with E-state index in [2.05, 4.69) is 50.9 Å². The van der Waals surface area contributed by atoms with Gasteiger partial charge >= 0.3 is 0 Å². The van der Waals surface area contributed by atoms with Crippen LogP contribution in [0.5, 0.6) is 0 Å². The summed E-state index contributed by atoms with van der Waals surface area (Å²) in [6.07, 6.45) is 4.51. The third-order valence-electron chi connectivity index (χ3n) is 6.22. The molecule has 0 radical (unpaired) electrons. The number of rotatable bonds is 5. The average Bonchev–Trinajstić information content (AvgIpc) is 3.26. The smallest absolute Gasteiger partial charge is 0.191 e. The maximum absolute atomic E-state index is 14.1. The molecule has 2 fully saturated rings. The molecule has 8 heteroatoms. The molecule has 168 valence electrons. The fraction of sp³-hybridized carbons (Fsp3) is 0.478. The Bertz CT molecular complexity index is 860. The number of pyridine rings is 1. The fourth-order valence-corrected chi connectivity index (χ4v) is 4.44. The quantitative estimate of drug-likeness (QED) is 0.347. The lowest BCUT2D eigenvalue weighted by atomic mass is 9.74. The van der Waals surface area contributed by atoms with Crippen molar-refractivity contribution in [2.45, 2.75) is 30.7 Å². The molecule has 2 aliphatic heterocycles. The Labute approximate surface area is 200 Å². The van der Waals surface area contributed by atoms with Gasteiger partial charge in [0.1, 0.15) is 0 Å². The molecule has 0 aliphatic carbocycles. The van der Waals surface area contributed by atoms with Gasteiger partial charge in [-0.15, -0.1) is 24.0 Å². The maximum atomic E-state index is 14.1. The van der Waals surface area contributed by atoms with E-state index in [1.807, 2.05) is 4.90 Å². The van der Waals surface area contributed by atoms with Crippen molar-refractivity contribution in [2.75, 3.05) is 44.8 Å². The first kappa shape index (κ1) is 23.7. The number of benzene rings is 1. The van der Waals surface area contributed by atoms with Gasteiger partial charge in [0.2, 0.25) is 0 Å². The number of guanidine groups is 1. The normalized spacial score (nSPS) is 20.8. The highest BCUT2D eigenvalue weighted by atomic mass is 127. The van der Waals surface area contributed by atoms with Crippen LogP contribution >= 0.6 is 24.0 Å². The van der Waals surface area contributed by atoms with E-state index in [4.69, 9.17) is 4.74 Å². The third-order valence-corrected chi connectivity index (χ3v) is 6.22. The highest BCUT2D eigenvalue weighted by Crippen LogP contribution is 2.34. The molecular formula is C23H31FIN5O. The summed E-state index contributed by atoms with van der Waals surface area (Å²) in [6.45, 7) is 3.82. The van der Waals surface area contributed by atoms with E-state index in [0.29, 0.717) is 12.4 Å². The summed E-state index contributed by atoms with van der Waals surface area (Å²) in [5, 5.41) is 7.06. The van der Waals surface area contributed by atoms with Crippen LogP contribution in [0, 0.1) is 5.82 Å². The number of nitrogens with one attached hydrogen (secondary N) is 2. The molecule has 0 bridgehead atoms. The van der Waals surface area contributed by atoms with Gasteiger partial charge < -0.3 is 20.3 Å². The van der Waals surface area contributed by atoms with Gasteiger partial charge in [-0.3, -0.25) is 4.99 Å². The summed E-state index contributed by atoms with van der Waals surface area (Å²) < 4.78 is 19.7. The van der Waals surface area contributed by atoms with E-state index in [-0.39, 0.29) is 41.3 Å². The molecule has 2 saturated heterocycles. The lowest BCUT2D eigenvalue weighted by Crippen LogP contribution is -2.50. The summed E-state index contributed by atoms with van der Waals surface area (Å²) in [6, 6.07) is 13.9. The zero-order chi connectivity index (χ0) is 20.8. The molecule has 1 aromatic heterocycles. The topological polar surface area (TPSA) is 61.8 Å². The van der Waals surface area contributed by atoms with Crippen LogP contribution in [0.2, 0.25) is 0 Å². The standard InChI is InChI=1S/C23H30FN5O.HI/c1-25-22(28-19-9-13-29(16-19)21-20(24)8-5-12-26-21)27-17-23(10-14-30-15-11-23)18-6-3-2-4-7-18;/h2-8,12,19H,9-11,13-17H2,1H3,(H2,25,27,28);1H. The van der Waals surface area contributed by atoms with Crippen LogP contribution in [-0.2, 0) is 10.2 Å². The maximum Gasteiger partial charge on any atom is 0.191 e. The molecule has 3 heterocycles. The molecule has 2 N–H and O–H groups in total. The highest BCUT2D eigenvalue weighted by Gasteiger charge is 2.35. The van der Waals surface area contributed by atoms with Crippen molar-refractivity contribution in [2.24, 2.45) is 4.99 Å². The van der Waals surface area contributed by atoms with Crippen molar-refractivity contribution in [3.63, 3.8) is 0 Å². The van der Waals surface area contributed by atoms with Gasteiger partial charge in [0.25, 0.3) is 0 Å². The average molecular weight is 539 g/mol. The number of ether oxygens (including phenoxy) is 1. The van der Waals surface area contributed by atoms with Gasteiger partial charge in [0.05, 0.1) is 0 Å². The molecule has 2 aromatic rings. The molecule has 4 rings (SSSR count). The van der Waals surface area contributed by atoms with Crippen molar-refractivity contribution in [1.82, 2.24) is 15.6 Å². The zero-order valence-corrected chi connectivity index (χ0v) is 20.2. The summed E-state index contributed by atoms with van der Waals surface area (Å²) in [4.78, 5) is 10.6.